The molecule has 0 spiro atoms. The summed E-state index contributed by atoms with van der Waals surface area (Å²) in [5.41, 5.74) is 0. The third-order valence-corrected chi connectivity index (χ3v) is 4.26. The fourth-order valence-corrected chi connectivity index (χ4v) is 3.10. The fourth-order valence-electron chi connectivity index (χ4n) is 1.70. The van der Waals surface area contributed by atoms with E-state index in [4.69, 9.17) is 0 Å². The minimum atomic E-state index is -2.92. The molecule has 2 atom stereocenters. The molecule has 0 saturated carbocycles. The Hall–Kier alpha value is -0.0900. The SMILES string of the molecule is CCCC(C)C(CNCC)S(C)(=O)=O. The van der Waals surface area contributed by atoms with Crippen LogP contribution < -0.4 is 5.32 Å². The van der Waals surface area contributed by atoms with Crippen LogP contribution in [0.2, 0.25) is 0 Å². The summed E-state index contributed by atoms with van der Waals surface area (Å²) < 4.78 is 23.0. The van der Waals surface area contributed by atoms with Crippen LogP contribution in [-0.4, -0.2) is 33.0 Å². The normalized spacial score (nSPS) is 16.6. The van der Waals surface area contributed by atoms with E-state index in [1.807, 2.05) is 13.8 Å². The molecule has 0 bridgehead atoms. The Balaban J connectivity index is 4.39. The van der Waals surface area contributed by atoms with Gasteiger partial charge in [0.25, 0.3) is 0 Å². The molecule has 0 saturated heterocycles. The van der Waals surface area contributed by atoms with Crippen molar-refractivity contribution in [2.75, 3.05) is 19.3 Å². The van der Waals surface area contributed by atoms with Crippen molar-refractivity contribution in [3.8, 4) is 0 Å². The van der Waals surface area contributed by atoms with Gasteiger partial charge in [0.05, 0.1) is 5.25 Å². The summed E-state index contributed by atoms with van der Waals surface area (Å²) in [6.07, 6.45) is 3.35. The van der Waals surface area contributed by atoms with E-state index < -0.39 is 9.84 Å². The molecular weight excluding hydrogens is 198 g/mol. The number of nitrogens with one attached hydrogen (secondary N) is 1. The number of sulfone groups is 1. The second-order valence-electron chi connectivity index (χ2n) is 3.94. The predicted molar refractivity (Wildman–Crippen MR) is 61.2 cm³/mol. The Morgan fingerprint density at radius 2 is 1.86 bits per heavy atom. The summed E-state index contributed by atoms with van der Waals surface area (Å²) in [5.74, 6) is 0.244. The van der Waals surface area contributed by atoms with Gasteiger partial charge in [0.15, 0.2) is 9.84 Å². The van der Waals surface area contributed by atoms with E-state index in [0.717, 1.165) is 19.4 Å². The monoisotopic (exact) mass is 221 g/mol. The lowest BCUT2D eigenvalue weighted by Gasteiger charge is -2.22. The Labute approximate surface area is 88.2 Å². The summed E-state index contributed by atoms with van der Waals surface area (Å²) in [7, 11) is -2.92. The van der Waals surface area contributed by atoms with Crippen LogP contribution >= 0.6 is 0 Å². The van der Waals surface area contributed by atoms with Gasteiger partial charge in [-0.15, -0.1) is 0 Å². The zero-order chi connectivity index (χ0) is 11.2. The van der Waals surface area contributed by atoms with Gasteiger partial charge in [-0.05, 0) is 18.9 Å². The summed E-state index contributed by atoms with van der Waals surface area (Å²) in [4.78, 5) is 0. The minimum Gasteiger partial charge on any atom is -0.316 e. The van der Waals surface area contributed by atoms with Gasteiger partial charge in [-0.25, -0.2) is 8.42 Å². The summed E-state index contributed by atoms with van der Waals surface area (Å²) >= 11 is 0. The maximum atomic E-state index is 11.5. The van der Waals surface area contributed by atoms with Crippen molar-refractivity contribution < 1.29 is 8.42 Å². The van der Waals surface area contributed by atoms with Gasteiger partial charge in [0.2, 0.25) is 0 Å². The number of hydrogen-bond donors (Lipinski definition) is 1. The molecule has 0 amide bonds. The second kappa shape index (κ2) is 6.40. The van der Waals surface area contributed by atoms with Crippen molar-refractivity contribution in [2.24, 2.45) is 5.92 Å². The van der Waals surface area contributed by atoms with Crippen molar-refractivity contribution >= 4 is 9.84 Å². The van der Waals surface area contributed by atoms with E-state index >= 15 is 0 Å². The first kappa shape index (κ1) is 13.9. The molecule has 86 valence electrons. The molecule has 0 aromatic rings. The van der Waals surface area contributed by atoms with Crippen LogP contribution in [0.25, 0.3) is 0 Å². The van der Waals surface area contributed by atoms with Crippen LogP contribution in [0, 0.1) is 5.92 Å². The van der Waals surface area contributed by atoms with Gasteiger partial charge in [-0.3, -0.25) is 0 Å². The lowest BCUT2D eigenvalue weighted by Crippen LogP contribution is -2.37. The Kier molecular flexibility index (Phi) is 6.36. The molecule has 2 unspecified atom stereocenters. The van der Waals surface area contributed by atoms with E-state index in [2.05, 4.69) is 12.2 Å². The summed E-state index contributed by atoms with van der Waals surface area (Å²) in [5, 5.41) is 2.88. The van der Waals surface area contributed by atoms with E-state index in [1.165, 1.54) is 6.26 Å². The van der Waals surface area contributed by atoms with Crippen LogP contribution in [0.5, 0.6) is 0 Å². The number of hydrogen-bond acceptors (Lipinski definition) is 3. The molecule has 1 N–H and O–H groups in total. The smallest absolute Gasteiger partial charge is 0.151 e. The van der Waals surface area contributed by atoms with Gasteiger partial charge in [-0.2, -0.15) is 0 Å². The molecule has 0 aromatic heterocycles. The highest BCUT2D eigenvalue weighted by Gasteiger charge is 2.25. The van der Waals surface area contributed by atoms with Crippen LogP contribution in [0.1, 0.15) is 33.6 Å². The Morgan fingerprint density at radius 1 is 1.29 bits per heavy atom. The van der Waals surface area contributed by atoms with E-state index in [-0.39, 0.29) is 11.2 Å². The van der Waals surface area contributed by atoms with Crippen LogP contribution in [0.3, 0.4) is 0 Å². The lowest BCUT2D eigenvalue weighted by molar-refractivity contribution is 0.457. The molecule has 3 nitrogen and oxygen atoms in total. The first-order chi connectivity index (χ1) is 6.43. The quantitative estimate of drug-likeness (QED) is 0.707. The van der Waals surface area contributed by atoms with Gasteiger partial charge in [0, 0.05) is 12.8 Å². The minimum absolute atomic E-state index is 0.234. The topological polar surface area (TPSA) is 46.2 Å². The average Bonchev–Trinajstić information content (AvgIpc) is 2.03. The van der Waals surface area contributed by atoms with Gasteiger partial charge in [-0.1, -0.05) is 27.2 Å². The molecule has 4 heteroatoms. The average molecular weight is 221 g/mol. The molecule has 0 aliphatic heterocycles. The largest absolute Gasteiger partial charge is 0.316 e. The van der Waals surface area contributed by atoms with Gasteiger partial charge < -0.3 is 5.32 Å². The Morgan fingerprint density at radius 3 is 2.21 bits per heavy atom. The van der Waals surface area contributed by atoms with Crippen LogP contribution in [0.4, 0.5) is 0 Å². The molecule has 0 aliphatic carbocycles. The standard InChI is InChI=1S/C10H23NO2S/c1-5-7-9(3)10(8-11-6-2)14(4,12)13/h9-11H,5-8H2,1-4H3. The van der Waals surface area contributed by atoms with E-state index in [9.17, 15) is 8.42 Å². The number of rotatable bonds is 7. The highest BCUT2D eigenvalue weighted by molar-refractivity contribution is 7.91. The highest BCUT2D eigenvalue weighted by atomic mass is 32.2. The summed E-state index contributed by atoms with van der Waals surface area (Å²) in [6, 6.07) is 0. The Bertz CT molecular complexity index is 237. The van der Waals surface area contributed by atoms with Gasteiger partial charge in [0.1, 0.15) is 0 Å². The maximum absolute atomic E-state index is 11.5. The predicted octanol–water partition coefficient (Wildman–Crippen LogP) is 1.45. The van der Waals surface area contributed by atoms with E-state index in [0.29, 0.717) is 6.54 Å². The molecule has 0 fully saturated rings. The first-order valence-corrected chi connectivity index (χ1v) is 7.28. The molecule has 0 heterocycles. The molecule has 0 aromatic carbocycles. The van der Waals surface area contributed by atoms with Crippen molar-refractivity contribution in [3.05, 3.63) is 0 Å². The maximum Gasteiger partial charge on any atom is 0.151 e. The second-order valence-corrected chi connectivity index (χ2v) is 6.21. The van der Waals surface area contributed by atoms with Crippen molar-refractivity contribution in [3.63, 3.8) is 0 Å². The fraction of sp³-hybridized carbons (Fsp3) is 1.00. The van der Waals surface area contributed by atoms with Crippen molar-refractivity contribution in [2.45, 2.75) is 38.9 Å². The van der Waals surface area contributed by atoms with Gasteiger partial charge >= 0.3 is 0 Å². The molecule has 0 radical (unpaired) electrons. The van der Waals surface area contributed by atoms with Crippen molar-refractivity contribution in [1.82, 2.24) is 5.32 Å². The lowest BCUT2D eigenvalue weighted by atomic mass is 10.0. The van der Waals surface area contributed by atoms with E-state index in [1.54, 1.807) is 0 Å². The van der Waals surface area contributed by atoms with Crippen LogP contribution in [-0.2, 0) is 9.84 Å². The molecule has 14 heavy (non-hydrogen) atoms. The first-order valence-electron chi connectivity index (χ1n) is 5.33. The summed E-state index contributed by atoms with van der Waals surface area (Å²) in [6.45, 7) is 7.50. The third-order valence-electron chi connectivity index (χ3n) is 2.52. The third kappa shape index (κ3) is 4.96. The molecule has 0 aliphatic rings. The molecular formula is C10H23NO2S. The zero-order valence-electron chi connectivity index (χ0n) is 9.71. The van der Waals surface area contributed by atoms with Crippen LogP contribution in [0.15, 0.2) is 0 Å². The highest BCUT2D eigenvalue weighted by Crippen LogP contribution is 2.16. The van der Waals surface area contributed by atoms with Crippen molar-refractivity contribution in [1.29, 1.82) is 0 Å². The zero-order valence-corrected chi connectivity index (χ0v) is 10.5. The molecule has 0 rings (SSSR count).